The summed E-state index contributed by atoms with van der Waals surface area (Å²) in [5.41, 5.74) is 1.78. The van der Waals surface area contributed by atoms with Gasteiger partial charge >= 0.3 is 6.03 Å². The number of aryl methyl sites for hydroxylation is 1. The molecule has 2 amide bonds. The summed E-state index contributed by atoms with van der Waals surface area (Å²) in [6.07, 6.45) is 3.06. The first-order chi connectivity index (χ1) is 14.6. The fraction of sp³-hybridized carbons (Fsp3) is 0.522. The molecule has 30 heavy (non-hydrogen) atoms. The maximum atomic E-state index is 13.2. The number of thiophene rings is 1. The van der Waals surface area contributed by atoms with Gasteiger partial charge in [0.05, 0.1) is 19.4 Å². The molecule has 1 N–H and O–H groups in total. The maximum absolute atomic E-state index is 13.2. The van der Waals surface area contributed by atoms with Crippen molar-refractivity contribution in [1.82, 2.24) is 9.80 Å². The van der Waals surface area contributed by atoms with E-state index in [0.29, 0.717) is 24.6 Å². The Morgan fingerprint density at radius 2 is 2.07 bits per heavy atom. The molecule has 0 atom stereocenters. The number of nitrogens with zero attached hydrogens (tertiary/aromatic N) is 2. The summed E-state index contributed by atoms with van der Waals surface area (Å²) in [5, 5.41) is 5.19. The van der Waals surface area contributed by atoms with Crippen LogP contribution in [0.1, 0.15) is 23.3 Å². The van der Waals surface area contributed by atoms with Crippen molar-refractivity contribution in [3.05, 3.63) is 46.2 Å². The molecule has 2 aromatic rings. The van der Waals surface area contributed by atoms with E-state index < -0.39 is 0 Å². The number of anilines is 1. The summed E-state index contributed by atoms with van der Waals surface area (Å²) in [7, 11) is 3.29. The number of methoxy groups -OCH3 is 2. The van der Waals surface area contributed by atoms with Crippen LogP contribution in [0, 0.1) is 6.92 Å². The van der Waals surface area contributed by atoms with Gasteiger partial charge in [-0.15, -0.1) is 11.3 Å². The van der Waals surface area contributed by atoms with E-state index >= 15 is 0 Å². The van der Waals surface area contributed by atoms with Gasteiger partial charge in [0.1, 0.15) is 5.75 Å². The highest BCUT2D eigenvalue weighted by atomic mass is 32.1. The van der Waals surface area contributed by atoms with Gasteiger partial charge in [0.25, 0.3) is 0 Å². The number of piperidine rings is 1. The molecule has 0 radical (unpaired) electrons. The fourth-order valence-corrected chi connectivity index (χ4v) is 4.62. The normalized spacial score (nSPS) is 15.2. The Kier molecular flexibility index (Phi) is 8.54. The van der Waals surface area contributed by atoms with Crippen LogP contribution in [0.25, 0.3) is 0 Å². The fourth-order valence-electron chi connectivity index (χ4n) is 3.92. The molecule has 1 aliphatic heterocycles. The Morgan fingerprint density at radius 1 is 1.27 bits per heavy atom. The van der Waals surface area contributed by atoms with Crippen LogP contribution >= 0.6 is 11.3 Å². The standard InChI is InChI=1S/C23H33N3O3S/c1-18-6-7-22(29-3)21(17-18)24-23(27)26(14-15-28-2)19-8-11-25(12-9-19)13-10-20-5-4-16-30-20/h4-7,16-17,19H,8-15H2,1-3H3,(H,24,27). The number of ether oxygens (including phenoxy) is 2. The van der Waals surface area contributed by atoms with Crippen molar-refractivity contribution < 1.29 is 14.3 Å². The summed E-state index contributed by atoms with van der Waals surface area (Å²) in [4.78, 5) is 19.0. The summed E-state index contributed by atoms with van der Waals surface area (Å²) < 4.78 is 10.7. The van der Waals surface area contributed by atoms with Crippen LogP contribution in [-0.4, -0.2) is 68.9 Å². The minimum atomic E-state index is -0.0898. The number of rotatable bonds is 9. The van der Waals surface area contributed by atoms with Crippen LogP contribution in [0.3, 0.4) is 0 Å². The van der Waals surface area contributed by atoms with Gasteiger partial charge in [-0.2, -0.15) is 0 Å². The lowest BCUT2D eigenvalue weighted by atomic mass is 10.0. The lowest BCUT2D eigenvalue weighted by Gasteiger charge is -2.38. The number of amides is 2. The molecular formula is C23H33N3O3S. The molecule has 7 heteroatoms. The number of nitrogens with one attached hydrogen (secondary N) is 1. The highest BCUT2D eigenvalue weighted by Crippen LogP contribution is 2.26. The molecule has 0 unspecified atom stereocenters. The van der Waals surface area contributed by atoms with E-state index in [2.05, 4.69) is 27.7 Å². The molecule has 2 heterocycles. The van der Waals surface area contributed by atoms with Crippen molar-refractivity contribution in [2.24, 2.45) is 0 Å². The van der Waals surface area contributed by atoms with E-state index in [0.717, 1.165) is 44.5 Å². The molecule has 3 rings (SSSR count). The van der Waals surface area contributed by atoms with Crippen molar-refractivity contribution in [1.29, 1.82) is 0 Å². The first-order valence-electron chi connectivity index (χ1n) is 10.6. The largest absolute Gasteiger partial charge is 0.495 e. The Morgan fingerprint density at radius 3 is 2.73 bits per heavy atom. The van der Waals surface area contributed by atoms with Crippen molar-refractivity contribution >= 4 is 23.1 Å². The first kappa shape index (κ1) is 22.6. The minimum Gasteiger partial charge on any atom is -0.495 e. The van der Waals surface area contributed by atoms with Gasteiger partial charge in [-0.25, -0.2) is 4.79 Å². The predicted molar refractivity (Wildman–Crippen MR) is 123 cm³/mol. The van der Waals surface area contributed by atoms with E-state index in [9.17, 15) is 4.79 Å². The van der Waals surface area contributed by atoms with Gasteiger partial charge < -0.3 is 24.6 Å². The number of benzene rings is 1. The lowest BCUT2D eigenvalue weighted by Crippen LogP contribution is -2.50. The van der Waals surface area contributed by atoms with Crippen molar-refractivity contribution in [2.45, 2.75) is 32.2 Å². The third kappa shape index (κ3) is 6.20. The summed E-state index contributed by atoms with van der Waals surface area (Å²) in [6.45, 7) is 6.22. The van der Waals surface area contributed by atoms with Crippen LogP contribution in [0.2, 0.25) is 0 Å². The molecule has 1 aromatic heterocycles. The van der Waals surface area contributed by atoms with Gasteiger partial charge in [0, 0.05) is 44.2 Å². The molecule has 0 bridgehead atoms. The van der Waals surface area contributed by atoms with E-state index in [1.165, 1.54) is 4.88 Å². The molecule has 1 saturated heterocycles. The van der Waals surface area contributed by atoms with E-state index in [1.54, 1.807) is 14.2 Å². The molecule has 1 aliphatic rings. The Balaban J connectivity index is 1.58. The summed E-state index contributed by atoms with van der Waals surface area (Å²) in [6, 6.07) is 10.2. The number of urea groups is 1. The average Bonchev–Trinajstić information content (AvgIpc) is 3.27. The van der Waals surface area contributed by atoms with E-state index in [1.807, 2.05) is 41.4 Å². The number of hydrogen-bond donors (Lipinski definition) is 1. The highest BCUT2D eigenvalue weighted by molar-refractivity contribution is 7.09. The zero-order chi connectivity index (χ0) is 21.3. The van der Waals surface area contributed by atoms with Crippen LogP contribution in [-0.2, 0) is 11.2 Å². The minimum absolute atomic E-state index is 0.0898. The van der Waals surface area contributed by atoms with Crippen molar-refractivity contribution in [3.63, 3.8) is 0 Å². The molecule has 0 saturated carbocycles. The third-order valence-electron chi connectivity index (χ3n) is 5.65. The average molecular weight is 432 g/mol. The summed E-state index contributed by atoms with van der Waals surface area (Å²) >= 11 is 1.82. The SMILES string of the molecule is COCCN(C(=O)Nc1cc(C)ccc1OC)C1CCN(CCc2cccs2)CC1. The highest BCUT2D eigenvalue weighted by Gasteiger charge is 2.28. The number of carbonyl (C=O) groups excluding carboxylic acids is 1. The van der Waals surface area contributed by atoms with Gasteiger partial charge in [0.2, 0.25) is 0 Å². The molecular weight excluding hydrogens is 398 g/mol. The Labute approximate surface area is 183 Å². The van der Waals surface area contributed by atoms with Crippen LogP contribution in [0.15, 0.2) is 35.7 Å². The second kappa shape index (κ2) is 11.3. The van der Waals surface area contributed by atoms with E-state index in [4.69, 9.17) is 9.47 Å². The van der Waals surface area contributed by atoms with Crippen LogP contribution in [0.5, 0.6) is 5.75 Å². The number of likely N-dealkylation sites (tertiary alicyclic amines) is 1. The van der Waals surface area contributed by atoms with Gasteiger partial charge in [-0.3, -0.25) is 0 Å². The smallest absolute Gasteiger partial charge is 0.322 e. The molecule has 0 spiro atoms. The zero-order valence-electron chi connectivity index (χ0n) is 18.2. The summed E-state index contributed by atoms with van der Waals surface area (Å²) in [5.74, 6) is 0.670. The lowest BCUT2D eigenvalue weighted by molar-refractivity contribution is 0.101. The maximum Gasteiger partial charge on any atom is 0.322 e. The molecule has 6 nitrogen and oxygen atoms in total. The van der Waals surface area contributed by atoms with Crippen LogP contribution in [0.4, 0.5) is 10.5 Å². The Bertz CT molecular complexity index is 789. The monoisotopic (exact) mass is 431 g/mol. The molecule has 0 aliphatic carbocycles. The van der Waals surface area contributed by atoms with E-state index in [-0.39, 0.29) is 12.1 Å². The number of hydrogen-bond acceptors (Lipinski definition) is 5. The molecule has 1 aromatic carbocycles. The van der Waals surface area contributed by atoms with Gasteiger partial charge in [0.15, 0.2) is 0 Å². The first-order valence-corrected chi connectivity index (χ1v) is 11.4. The van der Waals surface area contributed by atoms with Gasteiger partial charge in [-0.05, 0) is 55.3 Å². The zero-order valence-corrected chi connectivity index (χ0v) is 19.0. The predicted octanol–water partition coefficient (Wildman–Crippen LogP) is 4.25. The molecule has 1 fully saturated rings. The van der Waals surface area contributed by atoms with Gasteiger partial charge in [-0.1, -0.05) is 12.1 Å². The topological polar surface area (TPSA) is 54.0 Å². The van der Waals surface area contributed by atoms with Crippen LogP contribution < -0.4 is 10.1 Å². The quantitative estimate of drug-likeness (QED) is 0.645. The van der Waals surface area contributed by atoms with Crippen molar-refractivity contribution in [2.75, 3.05) is 52.3 Å². The third-order valence-corrected chi connectivity index (χ3v) is 6.58. The van der Waals surface area contributed by atoms with Crippen molar-refractivity contribution in [3.8, 4) is 5.75 Å². The number of carbonyl (C=O) groups is 1. The second-order valence-electron chi connectivity index (χ2n) is 7.72. The molecule has 164 valence electrons. The second-order valence-corrected chi connectivity index (χ2v) is 8.75. The Hall–Kier alpha value is -2.09.